The van der Waals surface area contributed by atoms with Crippen LogP contribution < -0.4 is 0 Å². The highest BCUT2D eigenvalue weighted by molar-refractivity contribution is 6.31. The molecule has 0 saturated carbocycles. The van der Waals surface area contributed by atoms with Gasteiger partial charge in [0.25, 0.3) is 5.91 Å². The molecule has 4 nitrogen and oxygen atoms in total. The normalized spacial score (nSPS) is 20.2. The third-order valence-electron chi connectivity index (χ3n) is 3.94. The molecule has 112 valence electrons. The maximum Gasteiger partial charge on any atom is 0.270 e. The van der Waals surface area contributed by atoms with Crippen LogP contribution >= 0.6 is 11.6 Å². The van der Waals surface area contributed by atoms with Crippen molar-refractivity contribution in [3.63, 3.8) is 0 Å². The van der Waals surface area contributed by atoms with Crippen LogP contribution in [0.5, 0.6) is 0 Å². The molecule has 1 aromatic rings. The van der Waals surface area contributed by atoms with Gasteiger partial charge in [-0.2, -0.15) is 0 Å². The highest BCUT2D eigenvalue weighted by atomic mass is 35.5. The van der Waals surface area contributed by atoms with Crippen molar-refractivity contribution in [3.8, 4) is 0 Å². The van der Waals surface area contributed by atoms with Crippen molar-refractivity contribution < 1.29 is 9.90 Å². The van der Waals surface area contributed by atoms with Crippen molar-refractivity contribution in [2.75, 3.05) is 13.2 Å². The zero-order valence-electron chi connectivity index (χ0n) is 12.2. The van der Waals surface area contributed by atoms with E-state index in [4.69, 9.17) is 11.6 Å². The topological polar surface area (TPSA) is 45.5 Å². The van der Waals surface area contributed by atoms with Crippen molar-refractivity contribution in [2.45, 2.75) is 51.6 Å². The average molecular weight is 299 g/mol. The lowest BCUT2D eigenvalue weighted by molar-refractivity contribution is 0.0587. The van der Waals surface area contributed by atoms with Gasteiger partial charge in [-0.05, 0) is 32.8 Å². The third-order valence-corrected chi connectivity index (χ3v) is 4.15. The first-order chi connectivity index (χ1) is 9.54. The van der Waals surface area contributed by atoms with Gasteiger partial charge in [0.15, 0.2) is 0 Å². The van der Waals surface area contributed by atoms with Crippen LogP contribution in [0.4, 0.5) is 0 Å². The molecular weight excluding hydrogens is 276 g/mol. The molecule has 1 N–H and O–H groups in total. The van der Waals surface area contributed by atoms with E-state index >= 15 is 0 Å². The maximum atomic E-state index is 12.8. The van der Waals surface area contributed by atoms with E-state index in [0.717, 1.165) is 25.7 Å². The summed E-state index contributed by atoms with van der Waals surface area (Å²) in [6, 6.07) is 1.84. The van der Waals surface area contributed by atoms with Crippen molar-refractivity contribution >= 4 is 17.5 Å². The van der Waals surface area contributed by atoms with E-state index in [1.54, 1.807) is 12.3 Å². The summed E-state index contributed by atoms with van der Waals surface area (Å²) < 4.78 is 1.91. The Labute approximate surface area is 125 Å². The van der Waals surface area contributed by atoms with Gasteiger partial charge >= 0.3 is 0 Å². The maximum absolute atomic E-state index is 12.8. The summed E-state index contributed by atoms with van der Waals surface area (Å²) in [6.45, 7) is 4.80. The van der Waals surface area contributed by atoms with Crippen LogP contribution in [0.15, 0.2) is 12.3 Å². The van der Waals surface area contributed by atoms with Crippen LogP contribution in [0.1, 0.15) is 56.1 Å². The zero-order chi connectivity index (χ0) is 14.7. The molecule has 0 aliphatic carbocycles. The predicted octanol–water partition coefficient (Wildman–Crippen LogP) is 3.10. The first-order valence-corrected chi connectivity index (χ1v) is 7.71. The fraction of sp³-hybridized carbons (Fsp3) is 0.667. The molecule has 0 bridgehead atoms. The lowest BCUT2D eigenvalue weighted by Gasteiger charge is -2.29. The van der Waals surface area contributed by atoms with Crippen molar-refractivity contribution in [3.05, 3.63) is 23.0 Å². The summed E-state index contributed by atoms with van der Waals surface area (Å²) in [6.07, 6.45) is 5.86. The Kier molecular flexibility index (Phi) is 5.11. The fourth-order valence-corrected chi connectivity index (χ4v) is 3.03. The van der Waals surface area contributed by atoms with Gasteiger partial charge < -0.3 is 14.6 Å². The molecule has 2 rings (SSSR count). The molecule has 5 heteroatoms. The van der Waals surface area contributed by atoms with E-state index in [-0.39, 0.29) is 24.6 Å². The molecule has 0 spiro atoms. The predicted molar refractivity (Wildman–Crippen MR) is 80.2 cm³/mol. The van der Waals surface area contributed by atoms with Gasteiger partial charge in [0.2, 0.25) is 0 Å². The number of nitrogens with zero attached hydrogens (tertiary/aromatic N) is 2. The minimum absolute atomic E-state index is 0.0217. The van der Waals surface area contributed by atoms with Crippen LogP contribution in [0.25, 0.3) is 0 Å². The summed E-state index contributed by atoms with van der Waals surface area (Å²) in [7, 11) is 0. The van der Waals surface area contributed by atoms with Crippen LogP contribution in [0, 0.1) is 0 Å². The number of aliphatic hydroxyl groups excluding tert-OH is 1. The number of hydrogen-bond donors (Lipinski definition) is 1. The highest BCUT2D eigenvalue weighted by Crippen LogP contribution is 2.24. The van der Waals surface area contributed by atoms with E-state index in [0.29, 0.717) is 17.3 Å². The smallest absolute Gasteiger partial charge is 0.270 e. The first kappa shape index (κ1) is 15.4. The minimum atomic E-state index is -0.0701. The van der Waals surface area contributed by atoms with Gasteiger partial charge in [-0.1, -0.05) is 24.4 Å². The lowest BCUT2D eigenvalue weighted by atomic mass is 10.1. The Morgan fingerprint density at radius 2 is 2.20 bits per heavy atom. The first-order valence-electron chi connectivity index (χ1n) is 7.33. The van der Waals surface area contributed by atoms with Crippen molar-refractivity contribution in [1.82, 2.24) is 9.47 Å². The number of halogens is 1. The molecule has 2 heterocycles. The number of rotatable bonds is 3. The molecule has 1 fully saturated rings. The quantitative estimate of drug-likeness (QED) is 0.932. The average Bonchev–Trinajstić information content (AvgIpc) is 2.67. The molecule has 0 aromatic carbocycles. The third kappa shape index (κ3) is 3.18. The lowest BCUT2D eigenvalue weighted by Crippen LogP contribution is -2.42. The summed E-state index contributed by atoms with van der Waals surface area (Å²) in [5, 5.41) is 10.1. The van der Waals surface area contributed by atoms with Gasteiger partial charge in [0, 0.05) is 18.8 Å². The number of carbonyl (C=O) groups is 1. The standard InChI is InChI=1S/C15H23ClN2O2/c1-11(2)18-9-12(16)8-14(18)15(20)17-7-5-3-4-6-13(17)10-19/h8-9,11,13,19H,3-7,10H2,1-2H3. The highest BCUT2D eigenvalue weighted by Gasteiger charge is 2.28. The molecular formula is C15H23ClN2O2. The number of likely N-dealkylation sites (tertiary alicyclic amines) is 1. The number of aromatic nitrogens is 1. The number of amides is 1. The number of hydrogen-bond acceptors (Lipinski definition) is 2. The molecule has 20 heavy (non-hydrogen) atoms. The van der Waals surface area contributed by atoms with Gasteiger partial charge in [-0.25, -0.2) is 0 Å². The molecule has 1 aliphatic rings. The molecule has 1 atom stereocenters. The second-order valence-corrected chi connectivity index (χ2v) is 6.17. The Balaban J connectivity index is 2.29. The van der Waals surface area contributed by atoms with Crippen LogP contribution in [-0.4, -0.2) is 39.7 Å². The Hall–Kier alpha value is -1.00. The molecule has 1 saturated heterocycles. The molecule has 1 aliphatic heterocycles. The molecule has 1 aromatic heterocycles. The molecule has 1 unspecified atom stereocenters. The Morgan fingerprint density at radius 1 is 1.45 bits per heavy atom. The van der Waals surface area contributed by atoms with Crippen LogP contribution in [-0.2, 0) is 0 Å². The Morgan fingerprint density at radius 3 is 2.85 bits per heavy atom. The largest absolute Gasteiger partial charge is 0.394 e. The SMILES string of the molecule is CC(C)n1cc(Cl)cc1C(=O)N1CCCCCC1CO. The van der Waals surface area contributed by atoms with Gasteiger partial charge in [0.05, 0.1) is 17.7 Å². The number of carbonyl (C=O) groups excluding carboxylic acids is 1. The molecule has 1 amide bonds. The van der Waals surface area contributed by atoms with Crippen molar-refractivity contribution in [2.24, 2.45) is 0 Å². The minimum Gasteiger partial charge on any atom is -0.394 e. The summed E-state index contributed by atoms with van der Waals surface area (Å²) in [4.78, 5) is 14.6. The van der Waals surface area contributed by atoms with Crippen LogP contribution in [0.3, 0.4) is 0 Å². The second-order valence-electron chi connectivity index (χ2n) is 5.73. The van der Waals surface area contributed by atoms with Gasteiger partial charge in [0.1, 0.15) is 5.69 Å². The van der Waals surface area contributed by atoms with E-state index in [2.05, 4.69) is 0 Å². The van der Waals surface area contributed by atoms with Crippen LogP contribution in [0.2, 0.25) is 5.02 Å². The second kappa shape index (κ2) is 6.64. The van der Waals surface area contributed by atoms with E-state index in [1.807, 2.05) is 23.3 Å². The van der Waals surface area contributed by atoms with E-state index < -0.39 is 0 Å². The number of aliphatic hydroxyl groups is 1. The van der Waals surface area contributed by atoms with Gasteiger partial charge in [-0.3, -0.25) is 4.79 Å². The molecule has 0 radical (unpaired) electrons. The van der Waals surface area contributed by atoms with E-state index in [9.17, 15) is 9.90 Å². The monoisotopic (exact) mass is 298 g/mol. The van der Waals surface area contributed by atoms with Gasteiger partial charge in [-0.15, -0.1) is 0 Å². The fourth-order valence-electron chi connectivity index (χ4n) is 2.83. The summed E-state index contributed by atoms with van der Waals surface area (Å²) in [5.41, 5.74) is 0.616. The zero-order valence-corrected chi connectivity index (χ0v) is 12.9. The van der Waals surface area contributed by atoms with E-state index in [1.165, 1.54) is 0 Å². The summed E-state index contributed by atoms with van der Waals surface area (Å²) >= 11 is 6.05. The Bertz CT molecular complexity index is 470. The summed E-state index contributed by atoms with van der Waals surface area (Å²) in [5.74, 6) is -0.0217. The van der Waals surface area contributed by atoms with Crippen molar-refractivity contribution in [1.29, 1.82) is 0 Å².